The van der Waals surface area contributed by atoms with Gasteiger partial charge in [-0.25, -0.2) is 8.42 Å². The molecule has 0 spiro atoms. The largest absolute Gasteiger partial charge is 0.462 e. The minimum atomic E-state index is -4.12. The van der Waals surface area contributed by atoms with Crippen LogP contribution in [-0.2, 0) is 19.6 Å². The molecule has 0 atom stereocenters. The third kappa shape index (κ3) is 4.87. The third-order valence-electron chi connectivity index (χ3n) is 3.15. The molecule has 0 amide bonds. The van der Waals surface area contributed by atoms with Crippen molar-refractivity contribution in [3.8, 4) is 0 Å². The predicted molar refractivity (Wildman–Crippen MR) is 98.7 cm³/mol. The Morgan fingerprint density at radius 2 is 1.76 bits per heavy atom. The number of nitrogens with zero attached hydrogens (tertiary/aromatic N) is 1. The van der Waals surface area contributed by atoms with Crippen LogP contribution in [0.25, 0.3) is 0 Å². The van der Waals surface area contributed by atoms with Crippen LogP contribution < -0.4 is 4.31 Å². The summed E-state index contributed by atoms with van der Waals surface area (Å²) in [6.07, 6.45) is -0.359. The molecule has 25 heavy (non-hydrogen) atoms. The van der Waals surface area contributed by atoms with Crippen molar-refractivity contribution in [3.63, 3.8) is 0 Å². The molecule has 0 N–H and O–H groups in total. The van der Waals surface area contributed by atoms with E-state index in [9.17, 15) is 13.2 Å². The van der Waals surface area contributed by atoms with Gasteiger partial charge in [0, 0.05) is 5.02 Å². The summed E-state index contributed by atoms with van der Waals surface area (Å²) in [5.41, 5.74) is 0.319. The fourth-order valence-electron chi connectivity index (χ4n) is 2.12. The van der Waals surface area contributed by atoms with Crippen molar-refractivity contribution in [2.45, 2.75) is 24.8 Å². The van der Waals surface area contributed by atoms with Crippen LogP contribution in [0.5, 0.6) is 0 Å². The zero-order valence-corrected chi connectivity index (χ0v) is 16.0. The second kappa shape index (κ2) is 8.08. The van der Waals surface area contributed by atoms with E-state index in [0.717, 1.165) is 4.31 Å². The molecule has 0 aliphatic rings. The van der Waals surface area contributed by atoms with E-state index in [4.69, 9.17) is 27.9 Å². The Morgan fingerprint density at radius 1 is 1.12 bits per heavy atom. The molecular formula is C17H17Cl2NO4S. The molecule has 8 heteroatoms. The molecule has 0 fully saturated rings. The Kier molecular flexibility index (Phi) is 6.32. The summed E-state index contributed by atoms with van der Waals surface area (Å²) in [6, 6.07) is 12.4. The highest BCUT2D eigenvalue weighted by Gasteiger charge is 2.30. The number of benzene rings is 2. The van der Waals surface area contributed by atoms with Gasteiger partial charge in [-0.2, -0.15) is 0 Å². The number of hydrogen-bond acceptors (Lipinski definition) is 4. The second-order valence-electron chi connectivity index (χ2n) is 5.46. The van der Waals surface area contributed by atoms with Crippen molar-refractivity contribution in [2.24, 2.45) is 0 Å². The van der Waals surface area contributed by atoms with Crippen LogP contribution in [0.15, 0.2) is 53.4 Å². The molecule has 2 aromatic rings. The molecule has 0 aliphatic heterocycles. The number of carbonyl (C=O) groups is 1. The zero-order valence-electron chi connectivity index (χ0n) is 13.6. The van der Waals surface area contributed by atoms with Gasteiger partial charge in [-0.15, -0.1) is 0 Å². The van der Waals surface area contributed by atoms with Gasteiger partial charge in [0.25, 0.3) is 10.0 Å². The SMILES string of the molecule is CC(C)OC(=O)CN(c1ccccc1)S(=O)(=O)c1cc(Cl)ccc1Cl. The lowest BCUT2D eigenvalue weighted by atomic mass is 10.3. The molecule has 0 saturated carbocycles. The number of para-hydroxylation sites is 1. The van der Waals surface area contributed by atoms with Gasteiger partial charge in [0.1, 0.15) is 11.4 Å². The lowest BCUT2D eigenvalue weighted by Crippen LogP contribution is -2.37. The third-order valence-corrected chi connectivity index (χ3v) is 5.64. The van der Waals surface area contributed by atoms with Gasteiger partial charge in [0.2, 0.25) is 0 Å². The first-order chi connectivity index (χ1) is 11.7. The first-order valence-electron chi connectivity index (χ1n) is 7.44. The molecule has 5 nitrogen and oxygen atoms in total. The van der Waals surface area contributed by atoms with Gasteiger partial charge in [0.15, 0.2) is 0 Å². The van der Waals surface area contributed by atoms with Gasteiger partial charge in [-0.05, 0) is 44.2 Å². The molecule has 0 bridgehead atoms. The normalized spacial score (nSPS) is 11.4. The smallest absolute Gasteiger partial charge is 0.327 e. The number of esters is 1. The highest BCUT2D eigenvalue weighted by Crippen LogP contribution is 2.30. The van der Waals surface area contributed by atoms with Crippen molar-refractivity contribution < 1.29 is 17.9 Å². The lowest BCUT2D eigenvalue weighted by molar-refractivity contribution is -0.145. The Morgan fingerprint density at radius 3 is 2.36 bits per heavy atom. The van der Waals surface area contributed by atoms with E-state index in [1.807, 2.05) is 0 Å². The van der Waals surface area contributed by atoms with E-state index >= 15 is 0 Å². The number of halogens is 2. The minimum absolute atomic E-state index is 0.0163. The van der Waals surface area contributed by atoms with Crippen LogP contribution in [0.2, 0.25) is 10.0 Å². The van der Waals surface area contributed by atoms with E-state index in [1.165, 1.54) is 18.2 Å². The van der Waals surface area contributed by atoms with Crippen molar-refractivity contribution in [1.82, 2.24) is 0 Å². The maximum atomic E-state index is 13.1. The highest BCUT2D eigenvalue weighted by molar-refractivity contribution is 7.93. The maximum Gasteiger partial charge on any atom is 0.327 e. The molecule has 0 aromatic heterocycles. The van der Waals surface area contributed by atoms with Crippen LogP contribution in [0.4, 0.5) is 5.69 Å². The summed E-state index contributed by atoms with van der Waals surface area (Å²) in [6.45, 7) is 2.90. The quantitative estimate of drug-likeness (QED) is 0.682. The molecule has 0 unspecified atom stereocenters. The van der Waals surface area contributed by atoms with Crippen LogP contribution >= 0.6 is 23.2 Å². The standard InChI is InChI=1S/C17H17Cl2NO4S/c1-12(2)24-17(21)11-20(14-6-4-3-5-7-14)25(22,23)16-10-13(18)8-9-15(16)19/h3-10,12H,11H2,1-2H3. The number of ether oxygens (including phenoxy) is 1. The molecule has 0 radical (unpaired) electrons. The minimum Gasteiger partial charge on any atom is -0.462 e. The number of carbonyl (C=O) groups excluding carboxylic acids is 1. The van der Waals surface area contributed by atoms with Gasteiger partial charge < -0.3 is 4.74 Å². The second-order valence-corrected chi connectivity index (χ2v) is 8.13. The van der Waals surface area contributed by atoms with Crippen molar-refractivity contribution in [3.05, 3.63) is 58.6 Å². The van der Waals surface area contributed by atoms with Gasteiger partial charge in [0.05, 0.1) is 16.8 Å². The number of sulfonamides is 1. The number of rotatable bonds is 6. The Balaban J connectivity index is 2.50. The summed E-state index contributed by atoms with van der Waals surface area (Å²) in [4.78, 5) is 11.9. The van der Waals surface area contributed by atoms with E-state index in [0.29, 0.717) is 5.69 Å². The molecule has 0 aliphatic carbocycles. The number of anilines is 1. The fraction of sp³-hybridized carbons (Fsp3) is 0.235. The molecule has 134 valence electrons. The maximum absolute atomic E-state index is 13.1. The fourth-order valence-corrected chi connectivity index (χ4v) is 4.27. The van der Waals surface area contributed by atoms with Gasteiger partial charge >= 0.3 is 5.97 Å². The lowest BCUT2D eigenvalue weighted by Gasteiger charge is -2.24. The zero-order chi connectivity index (χ0) is 18.6. The Labute approximate surface area is 157 Å². The van der Waals surface area contributed by atoms with Crippen molar-refractivity contribution >= 4 is 44.9 Å². The monoisotopic (exact) mass is 401 g/mol. The first-order valence-corrected chi connectivity index (χ1v) is 9.63. The van der Waals surface area contributed by atoms with E-state index < -0.39 is 22.5 Å². The average molecular weight is 402 g/mol. The molecular weight excluding hydrogens is 385 g/mol. The molecule has 2 rings (SSSR count). The van der Waals surface area contributed by atoms with Crippen LogP contribution in [0.3, 0.4) is 0 Å². The summed E-state index contributed by atoms with van der Waals surface area (Å²) in [5, 5.41) is 0.239. The summed E-state index contributed by atoms with van der Waals surface area (Å²) < 4.78 is 32.2. The summed E-state index contributed by atoms with van der Waals surface area (Å²) in [7, 11) is -4.12. The average Bonchev–Trinajstić information content (AvgIpc) is 2.54. The molecule has 2 aromatic carbocycles. The highest BCUT2D eigenvalue weighted by atomic mass is 35.5. The summed E-state index contributed by atoms with van der Waals surface area (Å²) >= 11 is 12.0. The summed E-state index contributed by atoms with van der Waals surface area (Å²) in [5.74, 6) is -0.666. The topological polar surface area (TPSA) is 63.7 Å². The Hall–Kier alpha value is -1.76. The molecule has 0 heterocycles. The molecule has 0 saturated heterocycles. The van der Waals surface area contributed by atoms with Gasteiger partial charge in [-0.3, -0.25) is 9.10 Å². The van der Waals surface area contributed by atoms with Crippen molar-refractivity contribution in [1.29, 1.82) is 0 Å². The van der Waals surface area contributed by atoms with Crippen LogP contribution in [-0.4, -0.2) is 27.0 Å². The van der Waals surface area contributed by atoms with Crippen LogP contribution in [0, 0.1) is 0 Å². The van der Waals surface area contributed by atoms with Gasteiger partial charge in [-0.1, -0.05) is 41.4 Å². The van der Waals surface area contributed by atoms with E-state index in [2.05, 4.69) is 0 Å². The first kappa shape index (κ1) is 19.6. The van der Waals surface area contributed by atoms with E-state index in [1.54, 1.807) is 44.2 Å². The Bertz CT molecular complexity index is 854. The van der Waals surface area contributed by atoms with E-state index in [-0.39, 0.29) is 21.0 Å². The van der Waals surface area contributed by atoms with Crippen molar-refractivity contribution in [2.75, 3.05) is 10.8 Å². The number of hydrogen-bond donors (Lipinski definition) is 0. The van der Waals surface area contributed by atoms with Crippen LogP contribution in [0.1, 0.15) is 13.8 Å². The predicted octanol–water partition coefficient (Wildman–Crippen LogP) is 4.14.